The summed E-state index contributed by atoms with van der Waals surface area (Å²) < 4.78 is 27.9. The number of carbonyl (C=O) groups excluding carboxylic acids is 1. The monoisotopic (exact) mass is 268 g/mol. The first-order valence-electron chi connectivity index (χ1n) is 5.94. The highest BCUT2D eigenvalue weighted by Crippen LogP contribution is 2.26. The maximum atomic E-state index is 11.8. The van der Waals surface area contributed by atoms with Gasteiger partial charge in [-0.3, -0.25) is 0 Å². The predicted molar refractivity (Wildman–Crippen MR) is 67.2 cm³/mol. The lowest BCUT2D eigenvalue weighted by Gasteiger charge is -2.24. The van der Waals surface area contributed by atoms with Crippen LogP contribution in [-0.4, -0.2) is 27.2 Å². The first kappa shape index (κ1) is 13.1. The molecule has 0 radical (unpaired) electrons. The molecular weight excluding hydrogens is 252 g/mol. The maximum Gasteiger partial charge on any atom is 0.338 e. The van der Waals surface area contributed by atoms with Crippen LogP contribution in [0.2, 0.25) is 0 Å². The zero-order valence-electron chi connectivity index (χ0n) is 10.3. The zero-order chi connectivity index (χ0) is 13.2. The van der Waals surface area contributed by atoms with Crippen LogP contribution >= 0.6 is 0 Å². The fraction of sp³-hybridized carbons (Fsp3) is 0.462. The molecule has 98 valence electrons. The maximum absolute atomic E-state index is 11.8. The van der Waals surface area contributed by atoms with Crippen molar-refractivity contribution < 1.29 is 17.9 Å². The summed E-state index contributed by atoms with van der Waals surface area (Å²) in [4.78, 5) is 11.9. The summed E-state index contributed by atoms with van der Waals surface area (Å²) in [5.41, 5.74) is 0.289. The number of esters is 1. The minimum absolute atomic E-state index is 0.139. The summed E-state index contributed by atoms with van der Waals surface area (Å²) in [6.45, 7) is 0.432. The highest BCUT2D eigenvalue weighted by atomic mass is 32.2. The molecule has 0 heterocycles. The van der Waals surface area contributed by atoms with Gasteiger partial charge < -0.3 is 4.74 Å². The molecule has 1 fully saturated rings. The van der Waals surface area contributed by atoms with E-state index in [0.29, 0.717) is 12.5 Å². The molecule has 1 aromatic rings. The van der Waals surface area contributed by atoms with E-state index >= 15 is 0 Å². The van der Waals surface area contributed by atoms with E-state index in [1.807, 2.05) is 0 Å². The fourth-order valence-corrected chi connectivity index (χ4v) is 2.46. The standard InChI is InChI=1S/C13H16O4S/c1-18(15,16)12-7-3-6-11(8-12)13(14)17-9-10-4-2-5-10/h3,6-8,10H,2,4-5,9H2,1H3. The Bertz CT molecular complexity index is 544. The molecular formula is C13H16O4S. The molecule has 0 aromatic heterocycles. The summed E-state index contributed by atoms with van der Waals surface area (Å²) in [5.74, 6) is 0.0273. The van der Waals surface area contributed by atoms with Crippen molar-refractivity contribution in [3.63, 3.8) is 0 Å². The number of carbonyl (C=O) groups is 1. The molecule has 0 atom stereocenters. The Morgan fingerprint density at radius 3 is 2.67 bits per heavy atom. The summed E-state index contributed by atoms with van der Waals surface area (Å²) in [7, 11) is -3.29. The van der Waals surface area contributed by atoms with E-state index in [4.69, 9.17) is 4.74 Å². The van der Waals surface area contributed by atoms with E-state index in [9.17, 15) is 13.2 Å². The highest BCUT2D eigenvalue weighted by molar-refractivity contribution is 7.90. The molecule has 1 aromatic carbocycles. The second-order valence-electron chi connectivity index (χ2n) is 4.70. The molecule has 0 saturated heterocycles. The van der Waals surface area contributed by atoms with Gasteiger partial charge in [0.25, 0.3) is 0 Å². The van der Waals surface area contributed by atoms with Crippen LogP contribution in [0.4, 0.5) is 0 Å². The van der Waals surface area contributed by atoms with Gasteiger partial charge in [-0.25, -0.2) is 13.2 Å². The predicted octanol–water partition coefficient (Wildman–Crippen LogP) is 2.05. The molecule has 0 N–H and O–H groups in total. The van der Waals surface area contributed by atoms with E-state index in [1.54, 1.807) is 12.1 Å². The van der Waals surface area contributed by atoms with Crippen molar-refractivity contribution in [1.29, 1.82) is 0 Å². The van der Waals surface area contributed by atoms with Crippen LogP contribution in [0.1, 0.15) is 29.6 Å². The first-order chi connectivity index (χ1) is 8.47. The molecule has 2 rings (SSSR count). The van der Waals surface area contributed by atoms with Gasteiger partial charge in [-0.15, -0.1) is 0 Å². The van der Waals surface area contributed by atoms with E-state index in [2.05, 4.69) is 0 Å². The normalized spacial score (nSPS) is 16.1. The lowest BCUT2D eigenvalue weighted by atomic mass is 9.86. The molecule has 1 aliphatic carbocycles. The van der Waals surface area contributed by atoms with Crippen molar-refractivity contribution in [2.45, 2.75) is 24.2 Å². The molecule has 0 spiro atoms. The van der Waals surface area contributed by atoms with Crippen LogP contribution in [-0.2, 0) is 14.6 Å². The van der Waals surface area contributed by atoms with Gasteiger partial charge in [0, 0.05) is 6.26 Å². The average molecular weight is 268 g/mol. The number of ether oxygens (including phenoxy) is 1. The van der Waals surface area contributed by atoms with E-state index in [1.165, 1.54) is 18.6 Å². The second kappa shape index (κ2) is 5.10. The topological polar surface area (TPSA) is 60.4 Å². The summed E-state index contributed by atoms with van der Waals surface area (Å²) >= 11 is 0. The molecule has 0 unspecified atom stereocenters. The fourth-order valence-electron chi connectivity index (χ4n) is 1.79. The van der Waals surface area contributed by atoms with Gasteiger partial charge >= 0.3 is 5.97 Å². The third kappa shape index (κ3) is 3.10. The van der Waals surface area contributed by atoms with Gasteiger partial charge in [0.2, 0.25) is 0 Å². The Balaban J connectivity index is 2.05. The minimum Gasteiger partial charge on any atom is -0.462 e. The third-order valence-electron chi connectivity index (χ3n) is 3.17. The van der Waals surface area contributed by atoms with Crippen LogP contribution < -0.4 is 0 Å². The van der Waals surface area contributed by atoms with Crippen LogP contribution in [0.3, 0.4) is 0 Å². The quantitative estimate of drug-likeness (QED) is 0.784. The number of hydrogen-bond acceptors (Lipinski definition) is 4. The van der Waals surface area contributed by atoms with Crippen LogP contribution in [0.15, 0.2) is 29.2 Å². The van der Waals surface area contributed by atoms with Crippen molar-refractivity contribution in [2.75, 3.05) is 12.9 Å². The molecule has 0 bridgehead atoms. The van der Waals surface area contributed by atoms with E-state index in [0.717, 1.165) is 19.1 Å². The van der Waals surface area contributed by atoms with Crippen LogP contribution in [0, 0.1) is 5.92 Å². The van der Waals surface area contributed by atoms with E-state index < -0.39 is 15.8 Å². The largest absolute Gasteiger partial charge is 0.462 e. The van der Waals surface area contributed by atoms with Gasteiger partial charge in [0.1, 0.15) is 0 Å². The second-order valence-corrected chi connectivity index (χ2v) is 6.71. The molecule has 5 heteroatoms. The van der Waals surface area contributed by atoms with Gasteiger partial charge in [-0.2, -0.15) is 0 Å². The number of rotatable bonds is 4. The average Bonchev–Trinajstić information content (AvgIpc) is 2.26. The Labute approximate surface area is 107 Å². The molecule has 0 aliphatic heterocycles. The van der Waals surface area contributed by atoms with Crippen LogP contribution in [0.25, 0.3) is 0 Å². The van der Waals surface area contributed by atoms with Gasteiger partial charge in [0.15, 0.2) is 9.84 Å². The molecule has 1 saturated carbocycles. The first-order valence-corrected chi connectivity index (χ1v) is 7.83. The lowest BCUT2D eigenvalue weighted by molar-refractivity contribution is 0.0371. The van der Waals surface area contributed by atoms with E-state index in [-0.39, 0.29) is 10.5 Å². The van der Waals surface area contributed by atoms with Gasteiger partial charge in [0.05, 0.1) is 17.1 Å². The Hall–Kier alpha value is -1.36. The third-order valence-corrected chi connectivity index (χ3v) is 4.28. The van der Waals surface area contributed by atoms with Crippen LogP contribution in [0.5, 0.6) is 0 Å². The lowest BCUT2D eigenvalue weighted by Crippen LogP contribution is -2.20. The zero-order valence-corrected chi connectivity index (χ0v) is 11.1. The van der Waals surface area contributed by atoms with Crippen molar-refractivity contribution >= 4 is 15.8 Å². The van der Waals surface area contributed by atoms with Gasteiger partial charge in [-0.1, -0.05) is 12.5 Å². The molecule has 18 heavy (non-hydrogen) atoms. The van der Waals surface area contributed by atoms with Crippen molar-refractivity contribution in [3.8, 4) is 0 Å². The molecule has 4 nitrogen and oxygen atoms in total. The highest BCUT2D eigenvalue weighted by Gasteiger charge is 2.20. The minimum atomic E-state index is -3.29. The summed E-state index contributed by atoms with van der Waals surface area (Å²) in [6.07, 6.45) is 4.53. The SMILES string of the molecule is CS(=O)(=O)c1cccc(C(=O)OCC2CCC2)c1. The van der Waals surface area contributed by atoms with Crippen molar-refractivity contribution in [1.82, 2.24) is 0 Å². The van der Waals surface area contributed by atoms with Gasteiger partial charge in [-0.05, 0) is 37.0 Å². The Morgan fingerprint density at radius 1 is 1.39 bits per heavy atom. The van der Waals surface area contributed by atoms with Crippen molar-refractivity contribution in [3.05, 3.63) is 29.8 Å². The number of hydrogen-bond donors (Lipinski definition) is 0. The number of sulfone groups is 1. The smallest absolute Gasteiger partial charge is 0.338 e. The molecule has 1 aliphatic rings. The summed E-state index contributed by atoms with van der Waals surface area (Å²) in [5, 5.41) is 0. The summed E-state index contributed by atoms with van der Waals surface area (Å²) in [6, 6.07) is 5.95. The van der Waals surface area contributed by atoms with Crippen molar-refractivity contribution in [2.24, 2.45) is 5.92 Å². The molecule has 0 amide bonds. The number of benzene rings is 1. The Morgan fingerprint density at radius 2 is 2.11 bits per heavy atom. The Kier molecular flexibility index (Phi) is 3.71.